The Hall–Kier alpha value is -3.62. The van der Waals surface area contributed by atoms with Gasteiger partial charge < -0.3 is 5.32 Å². The number of nitrogens with one attached hydrogen (secondary N) is 2. The molecule has 3 aromatic rings. The second-order valence-electron chi connectivity index (χ2n) is 15.8. The van der Waals surface area contributed by atoms with Crippen LogP contribution in [0.1, 0.15) is 110 Å². The van der Waals surface area contributed by atoms with Crippen LogP contribution in [-0.4, -0.2) is 68.6 Å². The molecule has 0 saturated heterocycles. The molecule has 0 fully saturated rings. The predicted molar refractivity (Wildman–Crippen MR) is 218 cm³/mol. The van der Waals surface area contributed by atoms with Gasteiger partial charge in [-0.15, -0.1) is 0 Å². The zero-order valence-corrected chi connectivity index (χ0v) is 35.8. The molecule has 2 amide bonds. The molecule has 11 nitrogen and oxygen atoms in total. The average Bonchev–Trinajstić information content (AvgIpc) is 3.07. The Morgan fingerprint density at radius 3 is 1.49 bits per heavy atom. The lowest BCUT2D eigenvalue weighted by molar-refractivity contribution is -0.129. The van der Waals surface area contributed by atoms with E-state index in [0.717, 1.165) is 22.3 Å². The summed E-state index contributed by atoms with van der Waals surface area (Å²) in [7, 11) is -7.84. The Labute approximate surface area is 330 Å². The van der Waals surface area contributed by atoms with Gasteiger partial charge in [-0.2, -0.15) is 8.61 Å². The summed E-state index contributed by atoms with van der Waals surface area (Å²) in [5.74, 6) is -0.699. The maximum Gasteiger partial charge on any atom is 0.243 e. The van der Waals surface area contributed by atoms with Gasteiger partial charge in [0, 0.05) is 45.6 Å². The molecule has 0 aliphatic heterocycles. The number of carbonyl (C=O) groups is 2. The number of aryl methyl sites for hydroxylation is 6. The molecule has 0 heterocycles. The fourth-order valence-electron chi connectivity index (χ4n) is 7.13. The van der Waals surface area contributed by atoms with Crippen LogP contribution in [0.25, 0.3) is 0 Å². The smallest absolute Gasteiger partial charge is 0.243 e. The Morgan fingerprint density at radius 1 is 0.618 bits per heavy atom. The Balaban J connectivity index is 1.81. The number of hydrogen-bond acceptors (Lipinski definition) is 7. The van der Waals surface area contributed by atoms with Gasteiger partial charge in [0.1, 0.15) is 0 Å². The third-order valence-electron chi connectivity index (χ3n) is 9.74. The van der Waals surface area contributed by atoms with E-state index in [-0.39, 0.29) is 61.8 Å². The number of rotatable bonds is 20. The molecule has 0 saturated carbocycles. The van der Waals surface area contributed by atoms with Crippen LogP contribution >= 0.6 is 0 Å². The second kappa shape index (κ2) is 20.0. The molecule has 0 atom stereocenters. The summed E-state index contributed by atoms with van der Waals surface area (Å²) in [5.41, 5.74) is 8.19. The van der Waals surface area contributed by atoms with Gasteiger partial charge in [0.05, 0.1) is 9.79 Å². The Kier molecular flexibility index (Phi) is 16.6. The van der Waals surface area contributed by atoms with Crippen molar-refractivity contribution in [1.82, 2.24) is 19.4 Å². The van der Waals surface area contributed by atoms with Gasteiger partial charge >= 0.3 is 0 Å². The molecule has 0 aromatic heterocycles. The molecule has 55 heavy (non-hydrogen) atoms. The van der Waals surface area contributed by atoms with E-state index in [4.69, 9.17) is 5.21 Å². The van der Waals surface area contributed by atoms with Gasteiger partial charge in [-0.25, -0.2) is 22.3 Å². The monoisotopic (exact) mass is 798 g/mol. The minimum atomic E-state index is -3.93. The molecule has 0 spiro atoms. The number of carbonyl (C=O) groups excluding carboxylic acids is 2. The molecule has 304 valence electrons. The maximum absolute atomic E-state index is 14.4. The number of nitrogens with zero attached hydrogens (tertiary/aromatic N) is 2. The third kappa shape index (κ3) is 13.0. The quantitative estimate of drug-likeness (QED) is 0.0628. The zero-order valence-electron chi connectivity index (χ0n) is 34.2. The number of hydroxylamine groups is 1. The van der Waals surface area contributed by atoms with E-state index in [2.05, 4.69) is 26.1 Å². The van der Waals surface area contributed by atoms with Crippen LogP contribution in [0, 0.1) is 41.5 Å². The Bertz CT molecular complexity index is 1960. The van der Waals surface area contributed by atoms with Gasteiger partial charge in [0.25, 0.3) is 0 Å². The first-order chi connectivity index (χ1) is 25.7. The van der Waals surface area contributed by atoms with Crippen LogP contribution in [-0.2, 0) is 41.6 Å². The highest BCUT2D eigenvalue weighted by Crippen LogP contribution is 2.29. The van der Waals surface area contributed by atoms with Crippen LogP contribution in [0.2, 0.25) is 0 Å². The molecule has 0 radical (unpaired) electrons. The summed E-state index contributed by atoms with van der Waals surface area (Å²) in [4.78, 5) is 24.2. The van der Waals surface area contributed by atoms with E-state index < -0.39 is 26.0 Å². The van der Waals surface area contributed by atoms with Crippen LogP contribution in [0.15, 0.2) is 58.3 Å². The standard InChI is InChI=1S/C42H62N4O7S2/c1-30-25-32(3)40(33(4)26-30)54(50,51)45(24-14-21-43-38(47)15-10-11-16-39(48)44-49)22-12-13-23-46(29-36-17-19-37(20-18-36)42(7,8)9)55(52,53)41-34(5)27-31(2)28-35(41)6/h17-20,25-28,49H,10-16,21-24,29H2,1-9H3,(H,43,47)(H,44,48). The fourth-order valence-corrected chi connectivity index (χ4v) is 10.9. The summed E-state index contributed by atoms with van der Waals surface area (Å²) in [6.07, 6.45) is 2.47. The van der Waals surface area contributed by atoms with Gasteiger partial charge in [-0.1, -0.05) is 80.4 Å². The summed E-state index contributed by atoms with van der Waals surface area (Å²) in [6.45, 7) is 18.5. The van der Waals surface area contributed by atoms with Gasteiger partial charge in [0.15, 0.2) is 0 Å². The molecule has 3 rings (SSSR count). The highest BCUT2D eigenvalue weighted by atomic mass is 32.2. The van der Waals surface area contributed by atoms with E-state index in [1.807, 2.05) is 76.2 Å². The molecule has 3 N–H and O–H groups in total. The lowest BCUT2D eigenvalue weighted by Gasteiger charge is -2.27. The van der Waals surface area contributed by atoms with Crippen molar-refractivity contribution >= 4 is 31.9 Å². The molecule has 0 bridgehead atoms. The predicted octanol–water partition coefficient (Wildman–Crippen LogP) is 7.07. The van der Waals surface area contributed by atoms with Crippen molar-refractivity contribution < 1.29 is 31.6 Å². The van der Waals surface area contributed by atoms with Crippen molar-refractivity contribution in [3.05, 3.63) is 93.0 Å². The first kappa shape index (κ1) is 45.8. The molecule has 0 unspecified atom stereocenters. The summed E-state index contributed by atoms with van der Waals surface area (Å²) in [5, 5.41) is 11.5. The first-order valence-corrected chi connectivity index (χ1v) is 22.0. The van der Waals surface area contributed by atoms with Gasteiger partial charge in [-0.05, 0) is 112 Å². The van der Waals surface area contributed by atoms with Crippen molar-refractivity contribution in [1.29, 1.82) is 0 Å². The van der Waals surface area contributed by atoms with Gasteiger partial charge in [0.2, 0.25) is 31.9 Å². The van der Waals surface area contributed by atoms with Crippen LogP contribution in [0.4, 0.5) is 0 Å². The van der Waals surface area contributed by atoms with Crippen molar-refractivity contribution in [2.24, 2.45) is 0 Å². The number of sulfonamides is 2. The normalized spacial score (nSPS) is 12.4. The van der Waals surface area contributed by atoms with E-state index >= 15 is 0 Å². The SMILES string of the molecule is Cc1cc(C)c(S(=O)(=O)N(CCCCN(Cc2ccc(C(C)(C)C)cc2)S(=O)(=O)c2c(C)cc(C)cc2C)CCCNC(=O)CCCCC(=O)NO)c(C)c1. The lowest BCUT2D eigenvalue weighted by Crippen LogP contribution is -2.37. The summed E-state index contributed by atoms with van der Waals surface area (Å²) in [6, 6.07) is 15.5. The van der Waals surface area contributed by atoms with Gasteiger partial charge in [-0.3, -0.25) is 14.8 Å². The highest BCUT2D eigenvalue weighted by molar-refractivity contribution is 7.89. The van der Waals surface area contributed by atoms with Crippen LogP contribution in [0.5, 0.6) is 0 Å². The largest absolute Gasteiger partial charge is 0.356 e. The third-order valence-corrected chi connectivity index (χ3v) is 14.1. The number of hydrogen-bond donors (Lipinski definition) is 3. The van der Waals surface area contributed by atoms with E-state index in [1.165, 1.54) is 8.61 Å². The van der Waals surface area contributed by atoms with Crippen LogP contribution < -0.4 is 10.8 Å². The minimum absolute atomic E-state index is 0.0461. The Morgan fingerprint density at radius 2 is 1.04 bits per heavy atom. The maximum atomic E-state index is 14.4. The first-order valence-electron chi connectivity index (χ1n) is 19.1. The number of benzene rings is 3. The van der Waals surface area contributed by atoms with Crippen molar-refractivity contribution in [2.45, 2.75) is 129 Å². The topological polar surface area (TPSA) is 153 Å². The van der Waals surface area contributed by atoms with E-state index in [1.54, 1.807) is 19.3 Å². The zero-order chi connectivity index (χ0) is 41.1. The summed E-state index contributed by atoms with van der Waals surface area (Å²) < 4.78 is 60.3. The molecule has 3 aromatic carbocycles. The molecule has 0 aliphatic rings. The summed E-state index contributed by atoms with van der Waals surface area (Å²) >= 11 is 0. The van der Waals surface area contributed by atoms with Crippen molar-refractivity contribution in [3.8, 4) is 0 Å². The van der Waals surface area contributed by atoms with Crippen LogP contribution in [0.3, 0.4) is 0 Å². The lowest BCUT2D eigenvalue weighted by atomic mass is 9.87. The van der Waals surface area contributed by atoms with Crippen molar-refractivity contribution in [2.75, 3.05) is 26.2 Å². The van der Waals surface area contributed by atoms with E-state index in [0.29, 0.717) is 59.3 Å². The molecular weight excluding hydrogens is 737 g/mol. The fraction of sp³-hybridized carbons (Fsp3) is 0.524. The molecule has 0 aliphatic carbocycles. The second-order valence-corrected chi connectivity index (χ2v) is 19.5. The minimum Gasteiger partial charge on any atom is -0.356 e. The molecular formula is C42H62N4O7S2. The number of unbranched alkanes of at least 4 members (excludes halogenated alkanes) is 2. The number of amides is 2. The van der Waals surface area contributed by atoms with Crippen molar-refractivity contribution in [3.63, 3.8) is 0 Å². The average molecular weight is 799 g/mol. The van der Waals surface area contributed by atoms with E-state index in [9.17, 15) is 26.4 Å². The highest BCUT2D eigenvalue weighted by Gasteiger charge is 2.30. The molecule has 13 heteroatoms.